The van der Waals surface area contributed by atoms with E-state index in [0.717, 1.165) is 29.5 Å². The molecule has 2 aromatic carbocycles. The van der Waals surface area contributed by atoms with Crippen molar-refractivity contribution in [2.24, 2.45) is 0 Å². The van der Waals surface area contributed by atoms with Gasteiger partial charge in [-0.05, 0) is 51.7 Å². The minimum Gasteiger partial charge on any atom is -0.497 e. The van der Waals surface area contributed by atoms with E-state index in [-0.39, 0.29) is 11.9 Å². The summed E-state index contributed by atoms with van der Waals surface area (Å²) in [5.41, 5.74) is 2.58. The molecule has 0 aliphatic heterocycles. The van der Waals surface area contributed by atoms with Gasteiger partial charge in [-0.1, -0.05) is 30.3 Å². The number of amides is 1. The number of carbonyl (C=O) groups is 1. The van der Waals surface area contributed by atoms with Crippen molar-refractivity contribution in [1.29, 1.82) is 0 Å². The zero-order valence-electron chi connectivity index (χ0n) is 16.3. The third kappa shape index (κ3) is 4.31. The summed E-state index contributed by atoms with van der Waals surface area (Å²) >= 11 is 0. The van der Waals surface area contributed by atoms with Crippen molar-refractivity contribution in [3.8, 4) is 5.75 Å². The lowest BCUT2D eigenvalue weighted by Gasteiger charge is -2.21. The Morgan fingerprint density at radius 2 is 1.93 bits per heavy atom. The van der Waals surface area contributed by atoms with E-state index in [1.165, 1.54) is 0 Å². The van der Waals surface area contributed by atoms with Crippen LogP contribution in [0.3, 0.4) is 0 Å². The molecule has 5 nitrogen and oxygen atoms in total. The van der Waals surface area contributed by atoms with E-state index >= 15 is 0 Å². The maximum Gasteiger partial charge on any atom is 0.287 e. The minimum atomic E-state index is -0.199. The smallest absolute Gasteiger partial charge is 0.287 e. The van der Waals surface area contributed by atoms with Crippen molar-refractivity contribution < 1.29 is 13.9 Å². The number of rotatable bonds is 7. The first-order valence-electron chi connectivity index (χ1n) is 9.07. The van der Waals surface area contributed by atoms with Crippen LogP contribution in [0.2, 0.25) is 0 Å². The Labute approximate surface area is 159 Å². The highest BCUT2D eigenvalue weighted by molar-refractivity contribution is 5.99. The molecule has 1 aromatic heterocycles. The van der Waals surface area contributed by atoms with Crippen LogP contribution in [-0.2, 0) is 0 Å². The molecule has 3 rings (SSSR count). The molecular weight excluding hydrogens is 340 g/mol. The van der Waals surface area contributed by atoms with E-state index in [1.807, 2.05) is 63.5 Å². The molecular formula is C22H26N2O3. The van der Waals surface area contributed by atoms with Crippen LogP contribution in [0.4, 0.5) is 0 Å². The summed E-state index contributed by atoms with van der Waals surface area (Å²) in [6.07, 6.45) is 0.815. The standard InChI is InChI=1S/C22H26N2O3/c1-15-18-11-10-17(26-4)14-20(18)27-21(15)22(25)23-19(12-13-24(2)3)16-8-6-5-7-9-16/h5-11,14,19H,12-13H2,1-4H3,(H,23,25)/t19-/m0/s1. The summed E-state index contributed by atoms with van der Waals surface area (Å²) in [5.74, 6) is 0.857. The molecule has 0 saturated carbocycles. The van der Waals surface area contributed by atoms with Gasteiger partial charge in [0, 0.05) is 17.0 Å². The molecule has 0 fully saturated rings. The van der Waals surface area contributed by atoms with Crippen molar-refractivity contribution in [2.45, 2.75) is 19.4 Å². The lowest BCUT2D eigenvalue weighted by atomic mass is 10.0. The monoisotopic (exact) mass is 366 g/mol. The van der Waals surface area contributed by atoms with Gasteiger partial charge in [0.2, 0.25) is 0 Å². The van der Waals surface area contributed by atoms with E-state index in [9.17, 15) is 4.79 Å². The second-order valence-corrected chi connectivity index (χ2v) is 6.95. The topological polar surface area (TPSA) is 54.7 Å². The second kappa shape index (κ2) is 8.27. The van der Waals surface area contributed by atoms with Crippen LogP contribution in [-0.4, -0.2) is 38.6 Å². The highest BCUT2D eigenvalue weighted by atomic mass is 16.5. The van der Waals surface area contributed by atoms with Crippen LogP contribution < -0.4 is 10.1 Å². The molecule has 1 heterocycles. The molecule has 5 heteroatoms. The lowest BCUT2D eigenvalue weighted by Crippen LogP contribution is -2.31. The van der Waals surface area contributed by atoms with Gasteiger partial charge in [-0.2, -0.15) is 0 Å². The molecule has 1 atom stereocenters. The highest BCUT2D eigenvalue weighted by Crippen LogP contribution is 2.29. The van der Waals surface area contributed by atoms with Crippen LogP contribution >= 0.6 is 0 Å². The maximum absolute atomic E-state index is 13.0. The molecule has 0 unspecified atom stereocenters. The number of nitrogens with one attached hydrogen (secondary N) is 1. The Balaban J connectivity index is 1.86. The predicted octanol–water partition coefficient (Wildman–Crippen LogP) is 4.17. The summed E-state index contributed by atoms with van der Waals surface area (Å²) in [6, 6.07) is 15.6. The molecule has 0 radical (unpaired) electrons. The third-order valence-corrected chi connectivity index (χ3v) is 4.72. The third-order valence-electron chi connectivity index (χ3n) is 4.72. The van der Waals surface area contributed by atoms with E-state index < -0.39 is 0 Å². The van der Waals surface area contributed by atoms with Crippen LogP contribution in [0.25, 0.3) is 11.0 Å². The molecule has 0 aliphatic rings. The zero-order valence-corrected chi connectivity index (χ0v) is 16.3. The van der Waals surface area contributed by atoms with E-state index in [4.69, 9.17) is 9.15 Å². The number of hydrogen-bond acceptors (Lipinski definition) is 4. The Hall–Kier alpha value is -2.79. The van der Waals surface area contributed by atoms with Gasteiger partial charge in [0.05, 0.1) is 13.2 Å². The van der Waals surface area contributed by atoms with Crippen LogP contribution in [0.1, 0.15) is 34.1 Å². The van der Waals surface area contributed by atoms with E-state index in [0.29, 0.717) is 17.1 Å². The molecule has 27 heavy (non-hydrogen) atoms. The van der Waals surface area contributed by atoms with Gasteiger partial charge >= 0.3 is 0 Å². The van der Waals surface area contributed by atoms with Crippen molar-refractivity contribution in [1.82, 2.24) is 10.2 Å². The average Bonchev–Trinajstić information content (AvgIpc) is 3.01. The Kier molecular flexibility index (Phi) is 5.81. The molecule has 1 amide bonds. The SMILES string of the molecule is COc1ccc2c(C)c(C(=O)N[C@@H](CCN(C)C)c3ccccc3)oc2c1. The number of furan rings is 1. The van der Waals surface area contributed by atoms with Gasteiger partial charge in [0.1, 0.15) is 11.3 Å². The first-order chi connectivity index (χ1) is 13.0. The van der Waals surface area contributed by atoms with Gasteiger partial charge in [-0.15, -0.1) is 0 Å². The number of carbonyl (C=O) groups excluding carboxylic acids is 1. The summed E-state index contributed by atoms with van der Waals surface area (Å²) in [6.45, 7) is 2.78. The van der Waals surface area contributed by atoms with Gasteiger partial charge < -0.3 is 19.4 Å². The van der Waals surface area contributed by atoms with Gasteiger partial charge in [0.15, 0.2) is 5.76 Å². The number of ether oxygens (including phenoxy) is 1. The fourth-order valence-electron chi connectivity index (χ4n) is 3.17. The number of hydrogen-bond donors (Lipinski definition) is 1. The van der Waals surface area contributed by atoms with Crippen LogP contribution in [0.5, 0.6) is 5.75 Å². The van der Waals surface area contributed by atoms with Crippen LogP contribution in [0, 0.1) is 6.92 Å². The Morgan fingerprint density at radius 1 is 1.19 bits per heavy atom. The number of benzene rings is 2. The molecule has 1 N–H and O–H groups in total. The molecule has 0 bridgehead atoms. The fourth-order valence-corrected chi connectivity index (χ4v) is 3.17. The largest absolute Gasteiger partial charge is 0.497 e. The second-order valence-electron chi connectivity index (χ2n) is 6.95. The van der Waals surface area contributed by atoms with Gasteiger partial charge in [-0.25, -0.2) is 0 Å². The summed E-state index contributed by atoms with van der Waals surface area (Å²) < 4.78 is 11.1. The molecule has 0 saturated heterocycles. The first-order valence-corrected chi connectivity index (χ1v) is 9.07. The minimum absolute atomic E-state index is 0.0803. The summed E-state index contributed by atoms with van der Waals surface area (Å²) in [5, 5.41) is 4.07. The number of methoxy groups -OCH3 is 1. The zero-order chi connectivity index (χ0) is 19.4. The van der Waals surface area contributed by atoms with Gasteiger partial charge in [-0.3, -0.25) is 4.79 Å². The summed E-state index contributed by atoms with van der Waals surface area (Å²) in [4.78, 5) is 15.1. The maximum atomic E-state index is 13.0. The van der Waals surface area contributed by atoms with Crippen molar-refractivity contribution in [3.63, 3.8) is 0 Å². The van der Waals surface area contributed by atoms with Crippen molar-refractivity contribution >= 4 is 16.9 Å². The molecule has 0 aliphatic carbocycles. The fraction of sp³-hybridized carbons (Fsp3) is 0.318. The van der Waals surface area contributed by atoms with Crippen molar-refractivity contribution in [3.05, 3.63) is 65.4 Å². The number of nitrogens with zero attached hydrogens (tertiary/aromatic N) is 1. The predicted molar refractivity (Wildman–Crippen MR) is 107 cm³/mol. The van der Waals surface area contributed by atoms with Crippen molar-refractivity contribution in [2.75, 3.05) is 27.7 Å². The molecule has 142 valence electrons. The Morgan fingerprint density at radius 3 is 2.59 bits per heavy atom. The number of fused-ring (bicyclic) bond motifs is 1. The molecule has 0 spiro atoms. The highest BCUT2D eigenvalue weighted by Gasteiger charge is 2.22. The number of aryl methyl sites for hydroxylation is 1. The quantitative estimate of drug-likeness (QED) is 0.682. The van der Waals surface area contributed by atoms with Crippen LogP contribution in [0.15, 0.2) is 52.9 Å². The van der Waals surface area contributed by atoms with Gasteiger partial charge in [0.25, 0.3) is 5.91 Å². The summed E-state index contributed by atoms with van der Waals surface area (Å²) in [7, 11) is 5.67. The first kappa shape index (κ1) is 19.0. The normalized spacial score (nSPS) is 12.3. The lowest BCUT2D eigenvalue weighted by molar-refractivity contribution is 0.0906. The van der Waals surface area contributed by atoms with E-state index in [1.54, 1.807) is 13.2 Å². The van der Waals surface area contributed by atoms with E-state index in [2.05, 4.69) is 10.2 Å². The average molecular weight is 366 g/mol. The Bertz CT molecular complexity index is 916. The molecule has 3 aromatic rings.